The zero-order valence-electron chi connectivity index (χ0n) is 26.6. The van der Waals surface area contributed by atoms with Crippen molar-refractivity contribution in [1.82, 2.24) is 25.3 Å². The molecule has 2 N–H and O–H groups in total. The number of hydrogen-bond acceptors (Lipinski definition) is 6. The summed E-state index contributed by atoms with van der Waals surface area (Å²) in [5.41, 5.74) is 3.55. The van der Waals surface area contributed by atoms with Crippen molar-refractivity contribution >= 4 is 35.0 Å². The van der Waals surface area contributed by atoms with Crippen LogP contribution in [-0.4, -0.2) is 97.0 Å². The summed E-state index contributed by atoms with van der Waals surface area (Å²) in [7, 11) is 4.02. The average Bonchev–Trinajstić information content (AvgIpc) is 3.34. The van der Waals surface area contributed by atoms with Crippen LogP contribution in [0.1, 0.15) is 29.5 Å². The van der Waals surface area contributed by atoms with Gasteiger partial charge in [0.15, 0.2) is 0 Å². The van der Waals surface area contributed by atoms with Gasteiger partial charge in [-0.05, 0) is 74.3 Å². The second-order valence-electron chi connectivity index (χ2n) is 12.9. The average molecular weight is 643 g/mol. The van der Waals surface area contributed by atoms with Gasteiger partial charge in [0.1, 0.15) is 11.6 Å². The van der Waals surface area contributed by atoms with Gasteiger partial charge in [0, 0.05) is 49.9 Å². The molecule has 10 heteroatoms. The van der Waals surface area contributed by atoms with E-state index in [2.05, 4.69) is 44.7 Å². The van der Waals surface area contributed by atoms with Gasteiger partial charge >= 0.3 is 0 Å². The molecular weight excluding hydrogens is 600 g/mol. The van der Waals surface area contributed by atoms with Crippen molar-refractivity contribution in [3.8, 4) is 0 Å². The topological polar surface area (TPSA) is 88.2 Å². The molecule has 3 amide bonds. The molecule has 3 aliphatic rings. The van der Waals surface area contributed by atoms with Gasteiger partial charge in [-0.2, -0.15) is 0 Å². The SMILES string of the molecule is CN(C)CCN1CN(c2ccccc2)C2(CCN(C(=O)[C@@H](Cc3ccc(Cl)cc3)NC(=O)[C@H]3Cc4ccccc4CN3)CC2)C1=O. The van der Waals surface area contributed by atoms with E-state index in [1.165, 1.54) is 5.56 Å². The van der Waals surface area contributed by atoms with Crippen LogP contribution in [0, 0.1) is 0 Å². The number of likely N-dealkylation sites (tertiary alicyclic amines) is 1. The highest BCUT2D eigenvalue weighted by Gasteiger charge is 2.54. The van der Waals surface area contributed by atoms with Crippen molar-refractivity contribution in [2.75, 3.05) is 51.8 Å². The molecule has 2 atom stereocenters. The first-order valence-electron chi connectivity index (χ1n) is 16.1. The van der Waals surface area contributed by atoms with Crippen LogP contribution in [0.15, 0.2) is 78.9 Å². The van der Waals surface area contributed by atoms with E-state index in [0.29, 0.717) is 63.6 Å². The predicted octanol–water partition coefficient (Wildman–Crippen LogP) is 3.31. The fourth-order valence-electron chi connectivity index (χ4n) is 6.98. The van der Waals surface area contributed by atoms with Crippen LogP contribution in [-0.2, 0) is 33.8 Å². The van der Waals surface area contributed by atoms with Gasteiger partial charge in [-0.1, -0.05) is 66.2 Å². The van der Waals surface area contributed by atoms with Crippen molar-refractivity contribution in [3.05, 3.63) is 101 Å². The number of carbonyl (C=O) groups is 3. The lowest BCUT2D eigenvalue weighted by molar-refractivity contribution is -0.141. The summed E-state index contributed by atoms with van der Waals surface area (Å²) in [6.45, 7) is 3.42. The number of anilines is 1. The largest absolute Gasteiger partial charge is 0.343 e. The monoisotopic (exact) mass is 642 g/mol. The number of nitrogens with zero attached hydrogens (tertiary/aromatic N) is 4. The first-order chi connectivity index (χ1) is 22.2. The lowest BCUT2D eigenvalue weighted by Crippen LogP contribution is -2.60. The number of halogens is 1. The maximum absolute atomic E-state index is 14.2. The van der Waals surface area contributed by atoms with Crippen molar-refractivity contribution in [2.45, 2.75) is 49.9 Å². The van der Waals surface area contributed by atoms with Crippen LogP contribution in [0.5, 0.6) is 0 Å². The lowest BCUT2D eigenvalue weighted by Gasteiger charge is -2.44. The molecule has 0 saturated carbocycles. The summed E-state index contributed by atoms with van der Waals surface area (Å²) < 4.78 is 0. The third kappa shape index (κ3) is 6.77. The molecule has 0 unspecified atom stereocenters. The summed E-state index contributed by atoms with van der Waals surface area (Å²) in [5.74, 6) is -0.191. The van der Waals surface area contributed by atoms with Crippen molar-refractivity contribution < 1.29 is 14.4 Å². The molecule has 0 bridgehead atoms. The number of para-hydroxylation sites is 1. The number of rotatable bonds is 9. The summed E-state index contributed by atoms with van der Waals surface area (Å²) >= 11 is 6.14. The summed E-state index contributed by atoms with van der Waals surface area (Å²) in [4.78, 5) is 50.0. The highest BCUT2D eigenvalue weighted by molar-refractivity contribution is 6.30. The number of fused-ring (bicyclic) bond motifs is 1. The fourth-order valence-corrected chi connectivity index (χ4v) is 7.11. The van der Waals surface area contributed by atoms with Crippen LogP contribution in [0.2, 0.25) is 5.02 Å². The molecule has 3 aromatic rings. The van der Waals surface area contributed by atoms with Gasteiger partial charge in [-0.15, -0.1) is 0 Å². The second-order valence-corrected chi connectivity index (χ2v) is 13.4. The van der Waals surface area contributed by atoms with Crippen molar-refractivity contribution in [2.24, 2.45) is 0 Å². The maximum Gasteiger partial charge on any atom is 0.250 e. The van der Waals surface area contributed by atoms with Gasteiger partial charge in [0.25, 0.3) is 0 Å². The van der Waals surface area contributed by atoms with E-state index in [-0.39, 0.29) is 17.7 Å². The molecule has 242 valence electrons. The standard InChI is InChI=1S/C36H43ClN6O3/c1-40(2)20-21-42-25-43(30-10-4-3-5-11-30)36(35(42)46)16-18-41(19-17-36)34(45)32(22-26-12-14-29(37)15-13-26)39-33(44)31-23-27-8-6-7-9-28(27)24-38-31/h3-15,31-32,38H,16-25H2,1-2H3,(H,39,44)/t31-,32-/m1/s1. The number of carbonyl (C=O) groups excluding carboxylic acids is 3. The van der Waals surface area contributed by atoms with E-state index >= 15 is 0 Å². The molecule has 0 aromatic heterocycles. The Balaban J connectivity index is 1.19. The summed E-state index contributed by atoms with van der Waals surface area (Å²) in [6, 6.07) is 24.4. The molecule has 3 heterocycles. The number of piperidine rings is 1. The number of hydrogen-bond donors (Lipinski definition) is 2. The van der Waals surface area contributed by atoms with Crippen LogP contribution in [0.25, 0.3) is 0 Å². The third-order valence-corrected chi connectivity index (χ3v) is 9.92. The van der Waals surface area contributed by atoms with Crippen molar-refractivity contribution in [3.63, 3.8) is 0 Å². The Labute approximate surface area is 276 Å². The summed E-state index contributed by atoms with van der Waals surface area (Å²) in [5, 5.41) is 7.06. The molecule has 46 heavy (non-hydrogen) atoms. The highest BCUT2D eigenvalue weighted by Crippen LogP contribution is 2.39. The van der Waals surface area contributed by atoms with Gasteiger partial charge in [-0.3, -0.25) is 14.4 Å². The first kappa shape index (κ1) is 32.0. The quantitative estimate of drug-likeness (QED) is 0.373. The minimum Gasteiger partial charge on any atom is -0.343 e. The van der Waals surface area contributed by atoms with Crippen LogP contribution in [0.3, 0.4) is 0 Å². The molecule has 3 aliphatic heterocycles. The summed E-state index contributed by atoms with van der Waals surface area (Å²) in [6.07, 6.45) is 1.96. The Morgan fingerprint density at radius 2 is 1.65 bits per heavy atom. The smallest absolute Gasteiger partial charge is 0.250 e. The normalized spacial score (nSPS) is 19.8. The van der Waals surface area contributed by atoms with E-state index in [1.54, 1.807) is 12.1 Å². The Morgan fingerprint density at radius 3 is 2.35 bits per heavy atom. The highest BCUT2D eigenvalue weighted by atomic mass is 35.5. The minimum atomic E-state index is -0.747. The van der Waals surface area contributed by atoms with E-state index in [1.807, 2.05) is 66.4 Å². The maximum atomic E-state index is 14.2. The van der Waals surface area contributed by atoms with Gasteiger partial charge < -0.3 is 30.2 Å². The van der Waals surface area contributed by atoms with E-state index in [4.69, 9.17) is 11.6 Å². The zero-order chi connectivity index (χ0) is 32.3. The Kier molecular flexibility index (Phi) is 9.63. The van der Waals surface area contributed by atoms with E-state index in [9.17, 15) is 14.4 Å². The van der Waals surface area contributed by atoms with Crippen LogP contribution in [0.4, 0.5) is 5.69 Å². The van der Waals surface area contributed by atoms with Gasteiger partial charge in [0.05, 0.1) is 12.7 Å². The first-order valence-corrected chi connectivity index (χ1v) is 16.5. The molecule has 3 aromatic carbocycles. The third-order valence-electron chi connectivity index (χ3n) is 9.67. The van der Waals surface area contributed by atoms with E-state index in [0.717, 1.165) is 23.4 Å². The minimum absolute atomic E-state index is 0.125. The molecule has 1 spiro atoms. The van der Waals surface area contributed by atoms with Crippen LogP contribution >= 0.6 is 11.6 Å². The Morgan fingerprint density at radius 1 is 0.978 bits per heavy atom. The molecule has 0 aliphatic carbocycles. The number of amides is 3. The Hall–Kier alpha value is -3.92. The number of likely N-dealkylation sites (N-methyl/N-ethyl adjacent to an activating group) is 1. The molecular formula is C36H43ClN6O3. The predicted molar refractivity (Wildman–Crippen MR) is 180 cm³/mol. The van der Waals surface area contributed by atoms with Crippen LogP contribution < -0.4 is 15.5 Å². The van der Waals surface area contributed by atoms with Gasteiger partial charge in [-0.25, -0.2) is 0 Å². The number of nitrogens with one attached hydrogen (secondary N) is 2. The lowest BCUT2D eigenvalue weighted by atomic mass is 9.85. The van der Waals surface area contributed by atoms with Crippen molar-refractivity contribution in [1.29, 1.82) is 0 Å². The Bertz CT molecular complexity index is 1540. The molecule has 2 fully saturated rings. The molecule has 9 nitrogen and oxygen atoms in total. The molecule has 2 saturated heterocycles. The number of benzene rings is 3. The fraction of sp³-hybridized carbons (Fsp3) is 0.417. The van der Waals surface area contributed by atoms with Gasteiger partial charge in [0.2, 0.25) is 17.7 Å². The molecule has 6 rings (SSSR count). The zero-order valence-corrected chi connectivity index (χ0v) is 27.4. The van der Waals surface area contributed by atoms with E-state index < -0.39 is 17.6 Å². The molecule has 0 radical (unpaired) electrons. The second kappa shape index (κ2) is 13.8.